The molecule has 1 rings (SSSR count). The molecule has 1 aromatic carbocycles. The summed E-state index contributed by atoms with van der Waals surface area (Å²) in [6.45, 7) is 3.59. The van der Waals surface area contributed by atoms with Crippen molar-refractivity contribution in [3.63, 3.8) is 0 Å². The van der Waals surface area contributed by atoms with Crippen molar-refractivity contribution in [3.8, 4) is 0 Å². The van der Waals surface area contributed by atoms with Crippen molar-refractivity contribution in [1.82, 2.24) is 0 Å². The number of carboxylic acid groups (broad SMARTS) is 1. The first-order chi connectivity index (χ1) is 8.11. The quantitative estimate of drug-likeness (QED) is 0.479. The highest BCUT2D eigenvalue weighted by Crippen LogP contribution is 2.27. The number of ether oxygens (including phenoxy) is 1. The first kappa shape index (κ1) is 13.0. The molecular formula is C13H14O4. The molecule has 0 aromatic heterocycles. The number of esters is 1. The van der Waals surface area contributed by atoms with Gasteiger partial charge in [0.05, 0.1) is 7.11 Å². The van der Waals surface area contributed by atoms with Gasteiger partial charge in [-0.1, -0.05) is 36.4 Å². The number of methoxy groups -OCH3 is 1. The van der Waals surface area contributed by atoms with Crippen LogP contribution in [0, 0.1) is 5.92 Å². The van der Waals surface area contributed by atoms with Gasteiger partial charge in [0.15, 0.2) is 5.92 Å². The SMILES string of the molecule is C=CC(c1ccccc1)C(C(=O)O)C(=O)OC. The Morgan fingerprint density at radius 1 is 1.35 bits per heavy atom. The van der Waals surface area contributed by atoms with Crippen molar-refractivity contribution in [2.45, 2.75) is 5.92 Å². The summed E-state index contributed by atoms with van der Waals surface area (Å²) in [6, 6.07) is 8.89. The smallest absolute Gasteiger partial charge is 0.321 e. The highest BCUT2D eigenvalue weighted by molar-refractivity contribution is 5.95. The zero-order valence-corrected chi connectivity index (χ0v) is 9.50. The molecular weight excluding hydrogens is 220 g/mol. The van der Waals surface area contributed by atoms with Gasteiger partial charge in [0.2, 0.25) is 0 Å². The van der Waals surface area contributed by atoms with Crippen LogP contribution in [0.4, 0.5) is 0 Å². The fourth-order valence-corrected chi connectivity index (χ4v) is 1.67. The Bertz CT molecular complexity index is 411. The molecule has 1 N–H and O–H groups in total. The molecule has 1 aromatic rings. The maximum atomic E-state index is 11.5. The van der Waals surface area contributed by atoms with Crippen molar-refractivity contribution in [2.75, 3.05) is 7.11 Å². The monoisotopic (exact) mass is 234 g/mol. The van der Waals surface area contributed by atoms with Crippen LogP contribution in [0.3, 0.4) is 0 Å². The summed E-state index contributed by atoms with van der Waals surface area (Å²) in [4.78, 5) is 22.6. The molecule has 0 saturated heterocycles. The summed E-state index contributed by atoms with van der Waals surface area (Å²) in [5.41, 5.74) is 0.723. The molecule has 90 valence electrons. The Labute approximate surface area is 99.5 Å². The van der Waals surface area contributed by atoms with Gasteiger partial charge in [0.1, 0.15) is 0 Å². The van der Waals surface area contributed by atoms with E-state index in [0.717, 1.165) is 5.56 Å². The molecule has 4 heteroatoms. The van der Waals surface area contributed by atoms with E-state index in [-0.39, 0.29) is 0 Å². The first-order valence-corrected chi connectivity index (χ1v) is 5.10. The molecule has 4 nitrogen and oxygen atoms in total. The molecule has 17 heavy (non-hydrogen) atoms. The van der Waals surface area contributed by atoms with Crippen LogP contribution in [0.15, 0.2) is 43.0 Å². The summed E-state index contributed by atoms with van der Waals surface area (Å²) in [5, 5.41) is 9.09. The topological polar surface area (TPSA) is 63.6 Å². The Hall–Kier alpha value is -2.10. The molecule has 0 radical (unpaired) electrons. The van der Waals surface area contributed by atoms with Crippen LogP contribution in [0.1, 0.15) is 11.5 Å². The van der Waals surface area contributed by atoms with Gasteiger partial charge in [0, 0.05) is 5.92 Å². The largest absolute Gasteiger partial charge is 0.481 e. The maximum absolute atomic E-state index is 11.5. The maximum Gasteiger partial charge on any atom is 0.321 e. The average Bonchev–Trinajstić information content (AvgIpc) is 2.35. The van der Waals surface area contributed by atoms with Crippen LogP contribution in [0.25, 0.3) is 0 Å². The fraction of sp³-hybridized carbons (Fsp3) is 0.231. The summed E-state index contributed by atoms with van der Waals surface area (Å²) < 4.78 is 4.51. The Kier molecular flexibility index (Phi) is 4.46. The molecule has 0 aliphatic carbocycles. The molecule has 0 aliphatic rings. The van der Waals surface area contributed by atoms with E-state index in [0.29, 0.717) is 0 Å². The van der Waals surface area contributed by atoms with Gasteiger partial charge in [0.25, 0.3) is 0 Å². The highest BCUT2D eigenvalue weighted by Gasteiger charge is 2.34. The molecule has 0 heterocycles. The zero-order chi connectivity index (χ0) is 12.8. The lowest BCUT2D eigenvalue weighted by molar-refractivity contribution is -0.157. The predicted molar refractivity (Wildman–Crippen MR) is 62.5 cm³/mol. The first-order valence-electron chi connectivity index (χ1n) is 5.10. The number of carboxylic acids is 1. The normalized spacial score (nSPS) is 13.5. The highest BCUT2D eigenvalue weighted by atomic mass is 16.5. The van der Waals surface area contributed by atoms with E-state index in [1.165, 1.54) is 13.2 Å². The Balaban J connectivity index is 3.10. The van der Waals surface area contributed by atoms with Crippen LogP contribution < -0.4 is 0 Å². The second kappa shape index (κ2) is 5.84. The van der Waals surface area contributed by atoms with E-state index in [9.17, 15) is 9.59 Å². The second-order valence-electron chi connectivity index (χ2n) is 3.51. The number of carbonyl (C=O) groups excluding carboxylic acids is 1. The van der Waals surface area contributed by atoms with E-state index < -0.39 is 23.8 Å². The third-order valence-corrected chi connectivity index (χ3v) is 2.52. The summed E-state index contributed by atoms with van der Waals surface area (Å²) in [6.07, 6.45) is 1.45. The van der Waals surface area contributed by atoms with E-state index >= 15 is 0 Å². The third kappa shape index (κ3) is 2.93. The van der Waals surface area contributed by atoms with E-state index in [1.54, 1.807) is 24.3 Å². The predicted octanol–water partition coefficient (Wildman–Crippen LogP) is 1.83. The number of hydrogen-bond donors (Lipinski definition) is 1. The van der Waals surface area contributed by atoms with Gasteiger partial charge in [-0.15, -0.1) is 6.58 Å². The lowest BCUT2D eigenvalue weighted by Crippen LogP contribution is -2.30. The minimum atomic E-state index is -1.26. The van der Waals surface area contributed by atoms with Crippen molar-refractivity contribution in [3.05, 3.63) is 48.6 Å². The molecule has 0 fully saturated rings. The fourth-order valence-electron chi connectivity index (χ4n) is 1.67. The van der Waals surface area contributed by atoms with Gasteiger partial charge in [-0.25, -0.2) is 0 Å². The number of allylic oxidation sites excluding steroid dienone is 1. The second-order valence-corrected chi connectivity index (χ2v) is 3.51. The molecule has 0 amide bonds. The third-order valence-electron chi connectivity index (χ3n) is 2.52. The van der Waals surface area contributed by atoms with E-state index in [2.05, 4.69) is 11.3 Å². The summed E-state index contributed by atoms with van der Waals surface area (Å²) >= 11 is 0. The van der Waals surface area contributed by atoms with Crippen molar-refractivity contribution in [1.29, 1.82) is 0 Å². The average molecular weight is 234 g/mol. The Morgan fingerprint density at radius 3 is 2.35 bits per heavy atom. The molecule has 2 atom stereocenters. The van der Waals surface area contributed by atoms with Crippen LogP contribution in [0.5, 0.6) is 0 Å². The van der Waals surface area contributed by atoms with Crippen molar-refractivity contribution < 1.29 is 19.4 Å². The molecule has 0 aliphatic heterocycles. The minimum Gasteiger partial charge on any atom is -0.481 e. The lowest BCUT2D eigenvalue weighted by atomic mass is 9.86. The zero-order valence-electron chi connectivity index (χ0n) is 9.50. The number of benzene rings is 1. The van der Waals surface area contributed by atoms with Crippen LogP contribution >= 0.6 is 0 Å². The van der Waals surface area contributed by atoms with Crippen LogP contribution in [-0.2, 0) is 14.3 Å². The summed E-state index contributed by atoms with van der Waals surface area (Å²) in [7, 11) is 1.17. The minimum absolute atomic E-state index is 0.596. The van der Waals surface area contributed by atoms with Gasteiger partial charge in [-0.3, -0.25) is 9.59 Å². The van der Waals surface area contributed by atoms with Crippen molar-refractivity contribution in [2.24, 2.45) is 5.92 Å². The van der Waals surface area contributed by atoms with Gasteiger partial charge < -0.3 is 9.84 Å². The van der Waals surface area contributed by atoms with Gasteiger partial charge in [-0.05, 0) is 5.56 Å². The van der Waals surface area contributed by atoms with E-state index in [1.807, 2.05) is 6.07 Å². The van der Waals surface area contributed by atoms with Crippen molar-refractivity contribution >= 4 is 11.9 Å². The molecule has 0 spiro atoms. The number of aliphatic carboxylic acids is 1. The molecule has 0 bridgehead atoms. The molecule has 2 unspecified atom stereocenters. The van der Waals surface area contributed by atoms with Gasteiger partial charge in [-0.2, -0.15) is 0 Å². The standard InChI is InChI=1S/C13H14O4/c1-3-10(9-7-5-4-6-8-9)11(12(14)15)13(16)17-2/h3-8,10-11H,1H2,2H3,(H,14,15). The van der Waals surface area contributed by atoms with E-state index in [4.69, 9.17) is 5.11 Å². The van der Waals surface area contributed by atoms with Gasteiger partial charge >= 0.3 is 11.9 Å². The number of rotatable bonds is 5. The number of carbonyl (C=O) groups is 2. The van der Waals surface area contributed by atoms with Crippen LogP contribution in [-0.4, -0.2) is 24.2 Å². The van der Waals surface area contributed by atoms with Crippen LogP contribution in [0.2, 0.25) is 0 Å². The lowest BCUT2D eigenvalue weighted by Gasteiger charge is -2.19. The molecule has 0 saturated carbocycles. The Morgan fingerprint density at radius 2 is 1.94 bits per heavy atom. The number of hydrogen-bond acceptors (Lipinski definition) is 3. The summed E-state index contributed by atoms with van der Waals surface area (Å²) in [5.74, 6) is -3.85.